The molecule has 0 aromatic heterocycles. The first kappa shape index (κ1) is 8.56. The second kappa shape index (κ2) is 3.24. The van der Waals surface area contributed by atoms with Crippen molar-refractivity contribution in [1.29, 1.82) is 0 Å². The van der Waals surface area contributed by atoms with Crippen LogP contribution in [0.3, 0.4) is 0 Å². The summed E-state index contributed by atoms with van der Waals surface area (Å²) in [6.07, 6.45) is 0. The summed E-state index contributed by atoms with van der Waals surface area (Å²) in [6, 6.07) is 2.74. The molecule has 0 aliphatic carbocycles. The van der Waals surface area contributed by atoms with E-state index in [0.717, 1.165) is 0 Å². The SMILES string of the molecule is Fc1cc(Br)c(S)c(Br)c1. The first-order valence-corrected chi connectivity index (χ1v) is 4.48. The molecule has 1 rings (SSSR count). The minimum absolute atomic E-state index is 0.281. The molecule has 4 heteroatoms. The van der Waals surface area contributed by atoms with Gasteiger partial charge in [-0.1, -0.05) is 0 Å². The van der Waals surface area contributed by atoms with Crippen molar-refractivity contribution in [2.45, 2.75) is 4.90 Å². The van der Waals surface area contributed by atoms with E-state index in [1.165, 1.54) is 12.1 Å². The third kappa shape index (κ3) is 1.74. The van der Waals surface area contributed by atoms with Crippen molar-refractivity contribution in [3.63, 3.8) is 0 Å². The largest absolute Gasteiger partial charge is 0.207 e. The Labute approximate surface area is 80.5 Å². The third-order valence-electron chi connectivity index (χ3n) is 0.982. The lowest BCUT2D eigenvalue weighted by atomic mass is 10.3. The van der Waals surface area contributed by atoms with Crippen LogP contribution in [0.4, 0.5) is 4.39 Å². The first-order valence-electron chi connectivity index (χ1n) is 2.45. The molecular formula is C6H3Br2FS. The molecule has 0 saturated carbocycles. The Morgan fingerprint density at radius 1 is 1.20 bits per heavy atom. The molecule has 1 aromatic carbocycles. The van der Waals surface area contributed by atoms with Crippen LogP contribution in [-0.2, 0) is 0 Å². The molecule has 0 spiro atoms. The van der Waals surface area contributed by atoms with Gasteiger partial charge in [-0.15, -0.1) is 12.6 Å². The lowest BCUT2D eigenvalue weighted by molar-refractivity contribution is 0.624. The van der Waals surface area contributed by atoms with Crippen LogP contribution in [0, 0.1) is 5.82 Å². The molecule has 0 N–H and O–H groups in total. The van der Waals surface area contributed by atoms with Crippen molar-refractivity contribution < 1.29 is 4.39 Å². The van der Waals surface area contributed by atoms with Crippen molar-refractivity contribution in [1.82, 2.24) is 0 Å². The van der Waals surface area contributed by atoms with Crippen molar-refractivity contribution in [2.24, 2.45) is 0 Å². The van der Waals surface area contributed by atoms with Crippen LogP contribution < -0.4 is 0 Å². The van der Waals surface area contributed by atoms with Gasteiger partial charge in [0.2, 0.25) is 0 Å². The molecule has 0 bridgehead atoms. The highest BCUT2D eigenvalue weighted by atomic mass is 79.9. The maximum Gasteiger partial charge on any atom is 0.125 e. The van der Waals surface area contributed by atoms with Crippen LogP contribution in [0.1, 0.15) is 0 Å². The Morgan fingerprint density at radius 3 is 2.00 bits per heavy atom. The molecule has 1 aromatic rings. The fourth-order valence-electron chi connectivity index (χ4n) is 0.535. The average molecular weight is 286 g/mol. The molecule has 0 radical (unpaired) electrons. The normalized spacial score (nSPS) is 10.0. The number of rotatable bonds is 0. The summed E-state index contributed by atoms with van der Waals surface area (Å²) in [4.78, 5) is 0.710. The smallest absolute Gasteiger partial charge is 0.125 e. The average Bonchev–Trinajstić information content (AvgIpc) is 1.82. The van der Waals surface area contributed by atoms with Gasteiger partial charge in [-0.3, -0.25) is 0 Å². The number of thiol groups is 1. The summed E-state index contributed by atoms with van der Waals surface area (Å²) >= 11 is 10.4. The van der Waals surface area contributed by atoms with E-state index in [1.807, 2.05) is 0 Å². The Hall–Kier alpha value is 0.460. The highest BCUT2D eigenvalue weighted by Gasteiger charge is 2.02. The standard InChI is InChI=1S/C6H3Br2FS/c7-4-1-3(9)2-5(8)6(4)10/h1-2,10H. The summed E-state index contributed by atoms with van der Waals surface area (Å²) in [5.41, 5.74) is 0. The maximum absolute atomic E-state index is 12.5. The third-order valence-corrected chi connectivity index (χ3v) is 3.33. The van der Waals surface area contributed by atoms with Gasteiger partial charge in [0.05, 0.1) is 0 Å². The van der Waals surface area contributed by atoms with Crippen LogP contribution in [0.25, 0.3) is 0 Å². The Balaban J connectivity index is 3.31. The summed E-state index contributed by atoms with van der Waals surface area (Å²) in [6.45, 7) is 0. The molecule has 0 heterocycles. The molecule has 0 unspecified atom stereocenters. The summed E-state index contributed by atoms with van der Waals surface area (Å²) in [7, 11) is 0. The van der Waals surface area contributed by atoms with Crippen LogP contribution in [0.2, 0.25) is 0 Å². The predicted molar refractivity (Wildman–Crippen MR) is 49.1 cm³/mol. The Morgan fingerprint density at radius 2 is 1.60 bits per heavy atom. The summed E-state index contributed by atoms with van der Waals surface area (Å²) in [5, 5.41) is 0. The zero-order chi connectivity index (χ0) is 7.72. The number of halogens is 3. The van der Waals surface area contributed by atoms with E-state index in [9.17, 15) is 4.39 Å². The minimum Gasteiger partial charge on any atom is -0.207 e. The fourth-order valence-corrected chi connectivity index (χ4v) is 1.79. The van der Waals surface area contributed by atoms with E-state index >= 15 is 0 Å². The Kier molecular flexibility index (Phi) is 2.77. The molecule has 0 aliphatic rings. The zero-order valence-corrected chi connectivity index (χ0v) is 8.80. The minimum atomic E-state index is -0.281. The maximum atomic E-state index is 12.5. The van der Waals surface area contributed by atoms with E-state index in [1.54, 1.807) is 0 Å². The second-order valence-corrected chi connectivity index (χ2v) is 3.87. The number of hydrogen-bond acceptors (Lipinski definition) is 1. The van der Waals surface area contributed by atoms with Gasteiger partial charge in [0.25, 0.3) is 0 Å². The molecule has 0 fully saturated rings. The van der Waals surface area contributed by atoms with E-state index in [2.05, 4.69) is 44.5 Å². The number of benzene rings is 1. The monoisotopic (exact) mass is 284 g/mol. The quantitative estimate of drug-likeness (QED) is 0.692. The van der Waals surface area contributed by atoms with Crippen LogP contribution >= 0.6 is 44.5 Å². The van der Waals surface area contributed by atoms with Gasteiger partial charge < -0.3 is 0 Å². The van der Waals surface area contributed by atoms with Gasteiger partial charge in [0, 0.05) is 13.8 Å². The molecule has 0 aliphatic heterocycles. The first-order chi connectivity index (χ1) is 4.61. The Bertz CT molecular complexity index is 239. The zero-order valence-electron chi connectivity index (χ0n) is 4.74. The lowest BCUT2D eigenvalue weighted by Crippen LogP contribution is -1.77. The predicted octanol–water partition coefficient (Wildman–Crippen LogP) is 3.64. The lowest BCUT2D eigenvalue weighted by Gasteiger charge is -1.98. The second-order valence-electron chi connectivity index (χ2n) is 1.72. The molecule has 0 amide bonds. The molecule has 0 saturated heterocycles. The van der Waals surface area contributed by atoms with E-state index in [0.29, 0.717) is 13.8 Å². The molecular weight excluding hydrogens is 283 g/mol. The van der Waals surface area contributed by atoms with Gasteiger partial charge in [-0.25, -0.2) is 4.39 Å². The van der Waals surface area contributed by atoms with Gasteiger partial charge in [0.15, 0.2) is 0 Å². The van der Waals surface area contributed by atoms with E-state index < -0.39 is 0 Å². The fraction of sp³-hybridized carbons (Fsp3) is 0. The number of hydrogen-bond donors (Lipinski definition) is 1. The van der Waals surface area contributed by atoms with E-state index in [4.69, 9.17) is 0 Å². The highest BCUT2D eigenvalue weighted by Crippen LogP contribution is 2.29. The van der Waals surface area contributed by atoms with E-state index in [-0.39, 0.29) is 5.82 Å². The highest BCUT2D eigenvalue weighted by molar-refractivity contribution is 9.11. The molecule has 0 atom stereocenters. The van der Waals surface area contributed by atoms with Gasteiger partial charge in [-0.2, -0.15) is 0 Å². The van der Waals surface area contributed by atoms with Gasteiger partial charge in [0.1, 0.15) is 5.82 Å². The van der Waals surface area contributed by atoms with Crippen molar-refractivity contribution in [2.75, 3.05) is 0 Å². The van der Waals surface area contributed by atoms with Crippen molar-refractivity contribution >= 4 is 44.5 Å². The molecule has 54 valence electrons. The molecule has 10 heavy (non-hydrogen) atoms. The van der Waals surface area contributed by atoms with Crippen molar-refractivity contribution in [3.05, 3.63) is 26.9 Å². The molecule has 0 nitrogen and oxygen atoms in total. The van der Waals surface area contributed by atoms with Crippen LogP contribution in [0.5, 0.6) is 0 Å². The van der Waals surface area contributed by atoms with Gasteiger partial charge in [-0.05, 0) is 44.0 Å². The summed E-state index contributed by atoms with van der Waals surface area (Å²) < 4.78 is 13.8. The van der Waals surface area contributed by atoms with Crippen molar-refractivity contribution in [3.8, 4) is 0 Å². The topological polar surface area (TPSA) is 0 Å². The summed E-state index contributed by atoms with van der Waals surface area (Å²) in [5.74, 6) is -0.281. The van der Waals surface area contributed by atoms with Gasteiger partial charge >= 0.3 is 0 Å². The van der Waals surface area contributed by atoms with Crippen LogP contribution in [0.15, 0.2) is 26.0 Å². The van der Waals surface area contributed by atoms with Crippen LogP contribution in [-0.4, -0.2) is 0 Å².